The van der Waals surface area contributed by atoms with Crippen molar-refractivity contribution >= 4 is 11.6 Å². The Hall–Kier alpha value is -0.640. The van der Waals surface area contributed by atoms with Gasteiger partial charge in [-0.3, -0.25) is 9.88 Å². The van der Waals surface area contributed by atoms with Gasteiger partial charge in [0.05, 0.1) is 10.6 Å². The molecular weight excluding hydrogens is 260 g/mol. The van der Waals surface area contributed by atoms with Crippen molar-refractivity contribution < 1.29 is 5.11 Å². The maximum absolute atomic E-state index is 10.7. The summed E-state index contributed by atoms with van der Waals surface area (Å²) in [5.41, 5.74) is 0.745. The van der Waals surface area contributed by atoms with E-state index in [0.29, 0.717) is 5.92 Å². The summed E-state index contributed by atoms with van der Waals surface area (Å²) in [5.74, 6) is 0.440. The van der Waals surface area contributed by atoms with Crippen LogP contribution in [0.3, 0.4) is 0 Å². The minimum absolute atomic E-state index is 0.392. The number of hydrogen-bond acceptors (Lipinski definition) is 3. The number of likely N-dealkylation sites (tertiary alicyclic amines) is 1. The molecule has 2 fully saturated rings. The Balaban J connectivity index is 1.67. The van der Waals surface area contributed by atoms with Crippen LogP contribution in [0.5, 0.6) is 0 Å². The largest absolute Gasteiger partial charge is 0.390 e. The second kappa shape index (κ2) is 5.39. The third-order valence-corrected chi connectivity index (χ3v) is 5.10. The van der Waals surface area contributed by atoms with Gasteiger partial charge in [-0.05, 0) is 30.9 Å². The molecule has 3 rings (SSSR count). The lowest BCUT2D eigenvalue weighted by molar-refractivity contribution is -0.0967. The van der Waals surface area contributed by atoms with Crippen LogP contribution in [0.25, 0.3) is 0 Å². The first-order chi connectivity index (χ1) is 9.17. The molecule has 0 spiro atoms. The number of rotatable bonds is 2. The monoisotopic (exact) mass is 280 g/mol. The molecule has 1 saturated heterocycles. The summed E-state index contributed by atoms with van der Waals surface area (Å²) in [5, 5.41) is 11.4. The van der Waals surface area contributed by atoms with Crippen molar-refractivity contribution in [2.45, 2.75) is 44.2 Å². The van der Waals surface area contributed by atoms with Crippen LogP contribution in [0.1, 0.15) is 37.7 Å². The number of aliphatic hydroxyl groups is 1. The van der Waals surface area contributed by atoms with E-state index < -0.39 is 5.60 Å². The van der Waals surface area contributed by atoms with Gasteiger partial charge in [0.1, 0.15) is 0 Å². The molecule has 1 aromatic heterocycles. The summed E-state index contributed by atoms with van der Waals surface area (Å²) in [6, 6.07) is 1.99. The molecular formula is C15H21ClN2O. The van der Waals surface area contributed by atoms with Crippen molar-refractivity contribution in [2.75, 3.05) is 13.1 Å². The summed E-state index contributed by atoms with van der Waals surface area (Å²) in [6.07, 6.45) is 9.00. The molecule has 0 amide bonds. The van der Waals surface area contributed by atoms with Crippen LogP contribution in [0.15, 0.2) is 18.5 Å². The normalized spacial score (nSPS) is 32.0. The third-order valence-electron chi connectivity index (χ3n) is 4.76. The molecule has 0 aromatic carbocycles. The molecule has 2 atom stereocenters. The predicted octanol–water partition coefficient (Wildman–Crippen LogP) is 2.86. The van der Waals surface area contributed by atoms with Crippen molar-refractivity contribution in [3.8, 4) is 0 Å². The Labute approximate surface area is 119 Å². The highest BCUT2D eigenvalue weighted by molar-refractivity contribution is 6.31. The summed E-state index contributed by atoms with van der Waals surface area (Å²) < 4.78 is 0. The number of piperidine rings is 1. The molecule has 0 radical (unpaired) electrons. The first-order valence-corrected chi connectivity index (χ1v) is 7.58. The highest BCUT2D eigenvalue weighted by atomic mass is 35.5. The number of fused-ring (bicyclic) bond motifs is 1. The lowest BCUT2D eigenvalue weighted by Gasteiger charge is -2.47. The number of nitrogens with zero attached hydrogens (tertiary/aromatic N) is 2. The SMILES string of the molecule is OC12CCCCC1CN(Cc1ccncc1Cl)CC2. The fourth-order valence-corrected chi connectivity index (χ4v) is 3.74. The van der Waals surface area contributed by atoms with E-state index in [9.17, 15) is 5.11 Å². The number of pyridine rings is 1. The van der Waals surface area contributed by atoms with E-state index in [-0.39, 0.29) is 0 Å². The topological polar surface area (TPSA) is 36.4 Å². The van der Waals surface area contributed by atoms with Gasteiger partial charge in [0.25, 0.3) is 0 Å². The highest BCUT2D eigenvalue weighted by Gasteiger charge is 2.42. The molecule has 2 heterocycles. The fraction of sp³-hybridized carbons (Fsp3) is 0.667. The van der Waals surface area contributed by atoms with Gasteiger partial charge in [-0.1, -0.05) is 24.4 Å². The average Bonchev–Trinajstić information content (AvgIpc) is 2.41. The van der Waals surface area contributed by atoms with E-state index in [1.54, 1.807) is 12.4 Å². The maximum atomic E-state index is 10.7. The van der Waals surface area contributed by atoms with E-state index >= 15 is 0 Å². The van der Waals surface area contributed by atoms with Crippen molar-refractivity contribution in [1.82, 2.24) is 9.88 Å². The van der Waals surface area contributed by atoms with Crippen LogP contribution >= 0.6 is 11.6 Å². The highest BCUT2D eigenvalue weighted by Crippen LogP contribution is 2.40. The van der Waals surface area contributed by atoms with Crippen molar-refractivity contribution in [1.29, 1.82) is 0 Å². The van der Waals surface area contributed by atoms with E-state index in [4.69, 9.17) is 11.6 Å². The minimum atomic E-state index is -0.392. The second-order valence-corrected chi connectivity index (χ2v) is 6.41. The molecule has 104 valence electrons. The van der Waals surface area contributed by atoms with Gasteiger partial charge in [0.2, 0.25) is 0 Å². The Bertz CT molecular complexity index is 454. The molecule has 1 saturated carbocycles. The molecule has 19 heavy (non-hydrogen) atoms. The Morgan fingerprint density at radius 1 is 1.42 bits per heavy atom. The zero-order valence-electron chi connectivity index (χ0n) is 11.2. The Kier molecular flexibility index (Phi) is 3.79. The third kappa shape index (κ3) is 2.78. The smallest absolute Gasteiger partial charge is 0.0700 e. The van der Waals surface area contributed by atoms with Gasteiger partial charge in [0.15, 0.2) is 0 Å². The molecule has 0 bridgehead atoms. The van der Waals surface area contributed by atoms with E-state index in [2.05, 4.69) is 9.88 Å². The van der Waals surface area contributed by atoms with Crippen LogP contribution in [-0.4, -0.2) is 33.7 Å². The van der Waals surface area contributed by atoms with E-state index in [1.807, 2.05) is 6.07 Å². The van der Waals surface area contributed by atoms with E-state index in [1.165, 1.54) is 12.8 Å². The van der Waals surface area contributed by atoms with Crippen LogP contribution in [0.2, 0.25) is 5.02 Å². The summed E-state index contributed by atoms with van der Waals surface area (Å²) in [4.78, 5) is 6.45. The van der Waals surface area contributed by atoms with Crippen LogP contribution in [-0.2, 0) is 6.54 Å². The number of halogens is 1. The summed E-state index contributed by atoms with van der Waals surface area (Å²) in [7, 11) is 0. The van der Waals surface area contributed by atoms with Crippen LogP contribution in [0.4, 0.5) is 0 Å². The predicted molar refractivity (Wildman–Crippen MR) is 76.0 cm³/mol. The van der Waals surface area contributed by atoms with Crippen LogP contribution < -0.4 is 0 Å². The summed E-state index contributed by atoms with van der Waals surface area (Å²) >= 11 is 6.17. The van der Waals surface area contributed by atoms with Crippen molar-refractivity contribution in [3.63, 3.8) is 0 Å². The van der Waals surface area contributed by atoms with Gasteiger partial charge in [-0.2, -0.15) is 0 Å². The number of aromatic nitrogens is 1. The molecule has 2 aliphatic rings. The fourth-order valence-electron chi connectivity index (χ4n) is 3.56. The second-order valence-electron chi connectivity index (χ2n) is 6.00. The van der Waals surface area contributed by atoms with Crippen molar-refractivity contribution in [3.05, 3.63) is 29.0 Å². The molecule has 1 aliphatic heterocycles. The lowest BCUT2D eigenvalue weighted by Crippen LogP contribution is -2.52. The Morgan fingerprint density at radius 2 is 2.32 bits per heavy atom. The Morgan fingerprint density at radius 3 is 3.16 bits per heavy atom. The summed E-state index contributed by atoms with van der Waals surface area (Å²) in [6.45, 7) is 2.83. The quantitative estimate of drug-likeness (QED) is 0.905. The molecule has 4 heteroatoms. The van der Waals surface area contributed by atoms with Gasteiger partial charge < -0.3 is 5.11 Å². The standard InChI is InChI=1S/C15H21ClN2O/c16-14-9-17-7-4-12(14)10-18-8-6-15(19)5-2-1-3-13(15)11-18/h4,7,9,13,19H,1-3,5-6,8,10-11H2. The van der Waals surface area contributed by atoms with Crippen molar-refractivity contribution in [2.24, 2.45) is 5.92 Å². The van der Waals surface area contributed by atoms with Gasteiger partial charge in [-0.25, -0.2) is 0 Å². The van der Waals surface area contributed by atoms with Gasteiger partial charge in [0, 0.05) is 37.9 Å². The zero-order chi connectivity index (χ0) is 13.3. The van der Waals surface area contributed by atoms with Gasteiger partial charge in [-0.15, -0.1) is 0 Å². The molecule has 3 nitrogen and oxygen atoms in total. The average molecular weight is 281 g/mol. The zero-order valence-corrected chi connectivity index (χ0v) is 11.9. The first kappa shape index (κ1) is 13.3. The first-order valence-electron chi connectivity index (χ1n) is 7.20. The number of hydrogen-bond donors (Lipinski definition) is 1. The maximum Gasteiger partial charge on any atom is 0.0700 e. The van der Waals surface area contributed by atoms with Gasteiger partial charge >= 0.3 is 0 Å². The van der Waals surface area contributed by atoms with Crippen LogP contribution in [0, 0.1) is 5.92 Å². The molecule has 1 aliphatic carbocycles. The molecule has 1 N–H and O–H groups in total. The lowest BCUT2D eigenvalue weighted by atomic mass is 9.71. The molecule has 1 aromatic rings. The molecule has 2 unspecified atom stereocenters. The minimum Gasteiger partial charge on any atom is -0.390 e. The van der Waals surface area contributed by atoms with E-state index in [0.717, 1.165) is 49.5 Å².